The fraction of sp³-hybridized carbons (Fsp3) is 0.429. The van der Waals surface area contributed by atoms with Crippen LogP contribution in [0.4, 0.5) is 0 Å². The van der Waals surface area contributed by atoms with E-state index in [1.54, 1.807) is 0 Å². The van der Waals surface area contributed by atoms with Crippen LogP contribution in [-0.2, 0) is 0 Å². The van der Waals surface area contributed by atoms with Crippen molar-refractivity contribution >= 4 is 21.4 Å². The van der Waals surface area contributed by atoms with Gasteiger partial charge >= 0.3 is 0 Å². The summed E-state index contributed by atoms with van der Waals surface area (Å²) in [5, 5.41) is 1.31. The third kappa shape index (κ3) is 1.81. The van der Waals surface area contributed by atoms with Crippen LogP contribution in [0.1, 0.15) is 42.9 Å². The number of benzene rings is 1. The number of rotatable bonds is 1. The Hall–Kier alpha value is -0.820. The molecule has 15 heavy (non-hydrogen) atoms. The Kier molecular flexibility index (Phi) is 2.49. The lowest BCUT2D eigenvalue weighted by Crippen LogP contribution is -2.02. The van der Waals surface area contributed by atoms with Gasteiger partial charge in [-0.3, -0.25) is 0 Å². The van der Waals surface area contributed by atoms with Gasteiger partial charge in [-0.2, -0.15) is 0 Å². The SMILES string of the molecule is [c]1c(C2CCCCC2)sc2ccccc12. The smallest absolute Gasteiger partial charge is 0.0352 e. The summed E-state index contributed by atoms with van der Waals surface area (Å²) in [5.41, 5.74) is 0. The average molecular weight is 215 g/mol. The Morgan fingerprint density at radius 1 is 1.07 bits per heavy atom. The largest absolute Gasteiger partial charge is 0.139 e. The zero-order valence-corrected chi connectivity index (χ0v) is 9.65. The van der Waals surface area contributed by atoms with Crippen molar-refractivity contribution in [1.29, 1.82) is 0 Å². The number of thiophene rings is 1. The normalized spacial score (nSPS) is 18.4. The van der Waals surface area contributed by atoms with E-state index in [1.165, 1.54) is 47.1 Å². The molecule has 1 saturated carbocycles. The summed E-state index contributed by atoms with van der Waals surface area (Å²) in [6.07, 6.45) is 7.01. The molecule has 0 nitrogen and oxygen atoms in total. The van der Waals surface area contributed by atoms with Crippen molar-refractivity contribution in [2.24, 2.45) is 0 Å². The van der Waals surface area contributed by atoms with Crippen molar-refractivity contribution in [3.05, 3.63) is 35.2 Å². The van der Waals surface area contributed by atoms with E-state index < -0.39 is 0 Å². The molecule has 2 aromatic rings. The maximum atomic E-state index is 3.58. The van der Waals surface area contributed by atoms with E-state index in [-0.39, 0.29) is 0 Å². The molecule has 0 saturated heterocycles. The van der Waals surface area contributed by atoms with Gasteiger partial charge in [0.25, 0.3) is 0 Å². The van der Waals surface area contributed by atoms with Gasteiger partial charge in [0.05, 0.1) is 0 Å². The monoisotopic (exact) mass is 215 g/mol. The van der Waals surface area contributed by atoms with Crippen LogP contribution in [-0.4, -0.2) is 0 Å². The van der Waals surface area contributed by atoms with E-state index in [0.29, 0.717) is 0 Å². The van der Waals surface area contributed by atoms with E-state index in [2.05, 4.69) is 30.3 Å². The Bertz CT molecular complexity index is 416. The lowest BCUT2D eigenvalue weighted by molar-refractivity contribution is 0.448. The predicted octanol–water partition coefficient (Wildman–Crippen LogP) is 4.75. The minimum Gasteiger partial charge on any atom is -0.139 e. The van der Waals surface area contributed by atoms with Crippen LogP contribution in [0.25, 0.3) is 10.1 Å². The second kappa shape index (κ2) is 3.97. The molecule has 0 N–H and O–H groups in total. The Morgan fingerprint density at radius 3 is 2.67 bits per heavy atom. The Labute approximate surface area is 94.9 Å². The lowest BCUT2D eigenvalue weighted by atomic mass is 9.88. The van der Waals surface area contributed by atoms with Gasteiger partial charge in [0.15, 0.2) is 0 Å². The second-order valence-electron chi connectivity index (χ2n) is 4.42. The minimum atomic E-state index is 0.802. The number of fused-ring (bicyclic) bond motifs is 1. The van der Waals surface area contributed by atoms with Crippen LogP contribution >= 0.6 is 11.3 Å². The molecule has 0 bridgehead atoms. The zero-order valence-electron chi connectivity index (χ0n) is 8.83. The maximum absolute atomic E-state index is 3.58. The maximum Gasteiger partial charge on any atom is 0.0352 e. The van der Waals surface area contributed by atoms with Crippen LogP contribution in [0.2, 0.25) is 0 Å². The molecule has 1 aromatic carbocycles. The Morgan fingerprint density at radius 2 is 1.87 bits per heavy atom. The first kappa shape index (κ1) is 9.41. The first-order chi connectivity index (χ1) is 7.43. The molecule has 1 aliphatic rings. The van der Waals surface area contributed by atoms with E-state index in [0.717, 1.165) is 5.92 Å². The van der Waals surface area contributed by atoms with Crippen molar-refractivity contribution in [2.75, 3.05) is 0 Å². The summed E-state index contributed by atoms with van der Waals surface area (Å²) in [5.74, 6) is 0.802. The van der Waals surface area contributed by atoms with Gasteiger partial charge in [0.1, 0.15) is 0 Å². The third-order valence-electron chi connectivity index (χ3n) is 3.34. The quantitative estimate of drug-likeness (QED) is 0.644. The third-order valence-corrected chi connectivity index (χ3v) is 4.57. The van der Waals surface area contributed by atoms with Gasteiger partial charge in [0.2, 0.25) is 0 Å². The van der Waals surface area contributed by atoms with Crippen molar-refractivity contribution in [1.82, 2.24) is 0 Å². The molecule has 1 aromatic heterocycles. The molecule has 0 spiro atoms. The predicted molar refractivity (Wildman–Crippen MR) is 66.5 cm³/mol. The van der Waals surface area contributed by atoms with Gasteiger partial charge in [-0.1, -0.05) is 37.5 Å². The summed E-state index contributed by atoms with van der Waals surface area (Å²) < 4.78 is 1.40. The molecule has 1 heteroatoms. The van der Waals surface area contributed by atoms with Crippen molar-refractivity contribution in [3.63, 3.8) is 0 Å². The Balaban J connectivity index is 1.96. The van der Waals surface area contributed by atoms with E-state index in [1.807, 2.05) is 11.3 Å². The van der Waals surface area contributed by atoms with Crippen molar-refractivity contribution < 1.29 is 0 Å². The van der Waals surface area contributed by atoms with Crippen LogP contribution < -0.4 is 0 Å². The molecular formula is C14H15S. The van der Waals surface area contributed by atoms with Gasteiger partial charge in [-0.05, 0) is 24.8 Å². The average Bonchev–Trinajstić information content (AvgIpc) is 2.74. The topological polar surface area (TPSA) is 0 Å². The zero-order chi connectivity index (χ0) is 10.1. The lowest BCUT2D eigenvalue weighted by Gasteiger charge is -2.19. The highest BCUT2D eigenvalue weighted by Crippen LogP contribution is 2.38. The molecule has 0 aliphatic heterocycles. The van der Waals surface area contributed by atoms with Gasteiger partial charge in [0, 0.05) is 21.0 Å². The first-order valence-corrected chi connectivity index (χ1v) is 6.66. The summed E-state index contributed by atoms with van der Waals surface area (Å²) >= 11 is 1.95. The fourth-order valence-electron chi connectivity index (χ4n) is 2.49. The molecule has 0 atom stereocenters. The minimum absolute atomic E-state index is 0.802. The molecule has 1 radical (unpaired) electrons. The van der Waals surface area contributed by atoms with Gasteiger partial charge in [-0.15, -0.1) is 11.3 Å². The molecule has 77 valence electrons. The van der Waals surface area contributed by atoms with Crippen LogP contribution in [0.3, 0.4) is 0 Å². The van der Waals surface area contributed by atoms with Crippen LogP contribution in [0, 0.1) is 6.07 Å². The van der Waals surface area contributed by atoms with Crippen LogP contribution in [0.15, 0.2) is 24.3 Å². The molecule has 1 aliphatic carbocycles. The highest BCUT2D eigenvalue weighted by Gasteiger charge is 2.17. The van der Waals surface area contributed by atoms with Gasteiger partial charge in [-0.25, -0.2) is 0 Å². The molecule has 0 amide bonds. The molecule has 3 rings (SSSR count). The summed E-state index contributed by atoms with van der Waals surface area (Å²) in [6.45, 7) is 0. The van der Waals surface area contributed by atoms with E-state index in [4.69, 9.17) is 0 Å². The summed E-state index contributed by atoms with van der Waals surface area (Å²) in [6, 6.07) is 12.2. The number of hydrogen-bond acceptors (Lipinski definition) is 1. The standard InChI is InChI=1S/C14H15S/c1-2-6-11(7-3-1)14-10-12-8-4-5-9-13(12)15-14/h4-5,8-9,11H,1-3,6-7H2. The second-order valence-corrected chi connectivity index (χ2v) is 5.51. The molecule has 1 fully saturated rings. The molecular weight excluding hydrogens is 200 g/mol. The van der Waals surface area contributed by atoms with E-state index in [9.17, 15) is 0 Å². The van der Waals surface area contributed by atoms with Crippen molar-refractivity contribution in [2.45, 2.75) is 38.0 Å². The molecule has 1 heterocycles. The van der Waals surface area contributed by atoms with E-state index >= 15 is 0 Å². The summed E-state index contributed by atoms with van der Waals surface area (Å²) in [4.78, 5) is 1.50. The van der Waals surface area contributed by atoms with Gasteiger partial charge < -0.3 is 0 Å². The molecule has 0 unspecified atom stereocenters. The highest BCUT2D eigenvalue weighted by molar-refractivity contribution is 7.19. The van der Waals surface area contributed by atoms with Crippen LogP contribution in [0.5, 0.6) is 0 Å². The van der Waals surface area contributed by atoms with Crippen molar-refractivity contribution in [3.8, 4) is 0 Å². The summed E-state index contributed by atoms with van der Waals surface area (Å²) in [7, 11) is 0. The first-order valence-electron chi connectivity index (χ1n) is 5.84. The number of hydrogen-bond donors (Lipinski definition) is 0. The highest BCUT2D eigenvalue weighted by atomic mass is 32.1. The fourth-order valence-corrected chi connectivity index (χ4v) is 3.66.